The molecule has 18 heavy (non-hydrogen) atoms. The SMILES string of the molecule is CC=N/C=C\Cc1nc2c(Br)c(C)sc2c(=O)[nH]1. The first-order chi connectivity index (χ1) is 8.63. The van der Waals surface area contributed by atoms with E-state index in [1.54, 1.807) is 12.4 Å². The zero-order valence-electron chi connectivity index (χ0n) is 10.0. The normalized spacial score (nSPS) is 12.2. The second-order valence-electron chi connectivity index (χ2n) is 3.66. The number of fused-ring (bicyclic) bond motifs is 1. The molecule has 0 aliphatic heterocycles. The average molecular weight is 326 g/mol. The van der Waals surface area contributed by atoms with Crippen LogP contribution in [0.3, 0.4) is 0 Å². The molecule has 2 heterocycles. The molecule has 2 aromatic rings. The molecule has 0 aromatic carbocycles. The van der Waals surface area contributed by atoms with Crippen molar-refractivity contribution in [2.24, 2.45) is 4.99 Å². The van der Waals surface area contributed by atoms with Crippen LogP contribution in [0.2, 0.25) is 0 Å². The first kappa shape index (κ1) is 13.2. The third-order valence-electron chi connectivity index (χ3n) is 2.35. The van der Waals surface area contributed by atoms with Gasteiger partial charge in [-0.3, -0.25) is 9.79 Å². The molecular formula is C12H12BrN3OS. The summed E-state index contributed by atoms with van der Waals surface area (Å²) < 4.78 is 1.57. The molecule has 0 fully saturated rings. The van der Waals surface area contributed by atoms with Crippen molar-refractivity contribution >= 4 is 43.7 Å². The van der Waals surface area contributed by atoms with Gasteiger partial charge in [-0.25, -0.2) is 4.98 Å². The highest BCUT2D eigenvalue weighted by atomic mass is 79.9. The van der Waals surface area contributed by atoms with Gasteiger partial charge in [0, 0.05) is 23.7 Å². The first-order valence-electron chi connectivity index (χ1n) is 5.44. The van der Waals surface area contributed by atoms with E-state index in [1.807, 2.05) is 19.9 Å². The number of nitrogens with zero attached hydrogens (tertiary/aromatic N) is 2. The summed E-state index contributed by atoms with van der Waals surface area (Å²) in [4.78, 5) is 24.2. The summed E-state index contributed by atoms with van der Waals surface area (Å²) in [5.41, 5.74) is 0.657. The van der Waals surface area contributed by atoms with E-state index in [9.17, 15) is 4.79 Å². The van der Waals surface area contributed by atoms with Gasteiger partial charge in [0.2, 0.25) is 0 Å². The molecule has 0 spiro atoms. The first-order valence-corrected chi connectivity index (χ1v) is 7.05. The smallest absolute Gasteiger partial charge is 0.268 e. The number of aromatic nitrogens is 2. The molecule has 6 heteroatoms. The quantitative estimate of drug-likeness (QED) is 0.881. The van der Waals surface area contributed by atoms with E-state index in [-0.39, 0.29) is 5.56 Å². The van der Waals surface area contributed by atoms with Crippen molar-refractivity contribution in [2.45, 2.75) is 20.3 Å². The summed E-state index contributed by atoms with van der Waals surface area (Å²) in [6.07, 6.45) is 5.81. The molecule has 0 atom stereocenters. The van der Waals surface area contributed by atoms with Gasteiger partial charge in [-0.2, -0.15) is 0 Å². The zero-order chi connectivity index (χ0) is 13.1. The molecule has 2 rings (SSSR count). The van der Waals surface area contributed by atoms with Crippen LogP contribution in [0.25, 0.3) is 10.2 Å². The monoisotopic (exact) mass is 325 g/mol. The van der Waals surface area contributed by atoms with Crippen molar-refractivity contribution in [3.05, 3.63) is 37.8 Å². The van der Waals surface area contributed by atoms with Crippen molar-refractivity contribution in [2.75, 3.05) is 0 Å². The Morgan fingerprint density at radius 3 is 3.06 bits per heavy atom. The van der Waals surface area contributed by atoms with E-state index in [4.69, 9.17) is 0 Å². The van der Waals surface area contributed by atoms with Gasteiger partial charge in [-0.05, 0) is 29.8 Å². The van der Waals surface area contributed by atoms with Gasteiger partial charge < -0.3 is 4.98 Å². The maximum atomic E-state index is 11.9. The maximum Gasteiger partial charge on any atom is 0.268 e. The number of rotatable bonds is 3. The second-order valence-corrected chi connectivity index (χ2v) is 5.68. The Labute approximate surface area is 117 Å². The Morgan fingerprint density at radius 1 is 1.56 bits per heavy atom. The van der Waals surface area contributed by atoms with E-state index >= 15 is 0 Å². The maximum absolute atomic E-state index is 11.9. The van der Waals surface area contributed by atoms with Gasteiger partial charge in [0.05, 0.1) is 4.47 Å². The molecule has 0 amide bonds. The summed E-state index contributed by atoms with van der Waals surface area (Å²) >= 11 is 4.92. The topological polar surface area (TPSA) is 58.1 Å². The van der Waals surface area contributed by atoms with E-state index in [2.05, 4.69) is 30.9 Å². The number of hydrogen-bond donors (Lipinski definition) is 1. The molecular weight excluding hydrogens is 314 g/mol. The summed E-state index contributed by atoms with van der Waals surface area (Å²) in [5.74, 6) is 0.647. The van der Waals surface area contributed by atoms with E-state index in [1.165, 1.54) is 11.3 Å². The molecule has 2 aromatic heterocycles. The van der Waals surface area contributed by atoms with Crippen molar-refractivity contribution in [1.29, 1.82) is 0 Å². The predicted molar refractivity (Wildman–Crippen MR) is 79.7 cm³/mol. The molecule has 0 aliphatic rings. The van der Waals surface area contributed by atoms with Crippen molar-refractivity contribution in [3.8, 4) is 0 Å². The number of thiophene rings is 1. The second kappa shape index (κ2) is 5.58. The predicted octanol–water partition coefficient (Wildman–Crippen LogP) is 3.20. The lowest BCUT2D eigenvalue weighted by Gasteiger charge is -1.96. The van der Waals surface area contributed by atoms with E-state index in [0.29, 0.717) is 16.9 Å². The Morgan fingerprint density at radius 2 is 2.33 bits per heavy atom. The fourth-order valence-corrected chi connectivity index (χ4v) is 3.07. The molecule has 1 N–H and O–H groups in total. The lowest BCUT2D eigenvalue weighted by atomic mass is 10.3. The molecule has 0 saturated heterocycles. The number of hydrogen-bond acceptors (Lipinski definition) is 4. The highest BCUT2D eigenvalue weighted by Gasteiger charge is 2.11. The highest BCUT2D eigenvalue weighted by molar-refractivity contribution is 9.10. The molecule has 0 bridgehead atoms. The van der Waals surface area contributed by atoms with Crippen LogP contribution in [0.5, 0.6) is 0 Å². The highest BCUT2D eigenvalue weighted by Crippen LogP contribution is 2.31. The molecule has 0 unspecified atom stereocenters. The fraction of sp³-hybridized carbons (Fsp3) is 0.250. The summed E-state index contributed by atoms with van der Waals surface area (Å²) in [7, 11) is 0. The van der Waals surface area contributed by atoms with Crippen LogP contribution >= 0.6 is 27.3 Å². The number of aromatic amines is 1. The van der Waals surface area contributed by atoms with Crippen LogP contribution in [0, 0.1) is 6.92 Å². The minimum Gasteiger partial charge on any atom is -0.309 e. The zero-order valence-corrected chi connectivity index (χ0v) is 12.4. The van der Waals surface area contributed by atoms with Crippen molar-refractivity contribution in [1.82, 2.24) is 9.97 Å². The minimum absolute atomic E-state index is 0.0822. The molecule has 0 saturated carbocycles. The van der Waals surface area contributed by atoms with Crippen molar-refractivity contribution < 1.29 is 0 Å². The third-order valence-corrected chi connectivity index (χ3v) is 4.68. The van der Waals surface area contributed by atoms with Gasteiger partial charge >= 0.3 is 0 Å². The van der Waals surface area contributed by atoms with Crippen LogP contribution in [-0.4, -0.2) is 16.2 Å². The van der Waals surface area contributed by atoms with E-state index < -0.39 is 0 Å². The van der Waals surface area contributed by atoms with Gasteiger partial charge in [0.25, 0.3) is 5.56 Å². The average Bonchev–Trinajstić information content (AvgIpc) is 2.63. The minimum atomic E-state index is -0.0822. The van der Waals surface area contributed by atoms with Crippen LogP contribution in [0.1, 0.15) is 17.6 Å². The molecule has 0 aliphatic carbocycles. The van der Waals surface area contributed by atoms with E-state index in [0.717, 1.165) is 14.9 Å². The van der Waals surface area contributed by atoms with Gasteiger partial charge in [0.15, 0.2) is 0 Å². The number of aryl methyl sites for hydroxylation is 1. The van der Waals surface area contributed by atoms with Crippen LogP contribution in [-0.2, 0) is 6.42 Å². The Balaban J connectivity index is 2.42. The number of nitrogens with one attached hydrogen (secondary N) is 1. The molecule has 4 nitrogen and oxygen atoms in total. The fourth-order valence-electron chi connectivity index (χ4n) is 1.53. The largest absolute Gasteiger partial charge is 0.309 e. The summed E-state index contributed by atoms with van der Waals surface area (Å²) in [6.45, 7) is 3.81. The van der Waals surface area contributed by atoms with Crippen LogP contribution in [0.15, 0.2) is 26.5 Å². The summed E-state index contributed by atoms with van der Waals surface area (Å²) in [6, 6.07) is 0. The van der Waals surface area contributed by atoms with Gasteiger partial charge in [0.1, 0.15) is 16.0 Å². The molecule has 0 radical (unpaired) electrons. The summed E-state index contributed by atoms with van der Waals surface area (Å²) in [5, 5.41) is 0. The van der Waals surface area contributed by atoms with Crippen LogP contribution < -0.4 is 5.56 Å². The lowest BCUT2D eigenvalue weighted by molar-refractivity contribution is 0.995. The third kappa shape index (κ3) is 2.59. The number of aliphatic imine (C=N–C) groups is 1. The Kier molecular flexibility index (Phi) is 4.08. The van der Waals surface area contributed by atoms with Crippen LogP contribution in [0.4, 0.5) is 0 Å². The standard InChI is InChI=1S/C12H12BrN3OS/c1-3-14-6-4-5-8-15-10-9(13)7(2)18-11(10)12(17)16-8/h3-4,6H,5H2,1-2H3,(H,15,16,17)/b6-4-,14-3?. The molecule has 94 valence electrons. The lowest BCUT2D eigenvalue weighted by Crippen LogP contribution is -2.09. The number of H-pyrrole nitrogens is 1. The number of allylic oxidation sites excluding steroid dienone is 1. The van der Waals surface area contributed by atoms with Crippen molar-refractivity contribution in [3.63, 3.8) is 0 Å². The number of halogens is 1. The van der Waals surface area contributed by atoms with Gasteiger partial charge in [-0.15, -0.1) is 11.3 Å². The Hall–Kier alpha value is -1.27. The van der Waals surface area contributed by atoms with Gasteiger partial charge in [-0.1, -0.05) is 6.08 Å². The Bertz CT molecular complexity index is 684.